The number of hydrogen-bond donors (Lipinski definition) is 1. The Morgan fingerprint density at radius 1 is 1.19 bits per heavy atom. The first-order valence-corrected chi connectivity index (χ1v) is 14.2. The van der Waals surface area contributed by atoms with Crippen LogP contribution in [0.1, 0.15) is 59.3 Å². The second-order valence-corrected chi connectivity index (χ2v) is 12.9. The zero-order chi connectivity index (χ0) is 23.0. The molecule has 2 N–H and O–H groups in total. The molecule has 1 heterocycles. The third-order valence-electron chi connectivity index (χ3n) is 6.13. The van der Waals surface area contributed by atoms with Crippen molar-refractivity contribution in [3.63, 3.8) is 0 Å². The number of aliphatic imine (C=N–C) groups is 2. The molecule has 0 atom stereocenters. The molecule has 0 radical (unpaired) electrons. The molecule has 1 aliphatic heterocycles. The van der Waals surface area contributed by atoms with E-state index in [1.165, 1.54) is 31.3 Å². The molecule has 1 aliphatic carbocycles. The van der Waals surface area contributed by atoms with Crippen LogP contribution in [0.5, 0.6) is 0 Å². The van der Waals surface area contributed by atoms with Gasteiger partial charge in [-0.1, -0.05) is 36.5 Å². The van der Waals surface area contributed by atoms with E-state index < -0.39 is 7.14 Å². The van der Waals surface area contributed by atoms with Gasteiger partial charge in [-0.2, -0.15) is 0 Å². The largest absolute Gasteiger partial charge is 0.400 e. The van der Waals surface area contributed by atoms with Gasteiger partial charge in [0.05, 0.1) is 12.9 Å². The molecule has 170 valence electrons. The fourth-order valence-electron chi connectivity index (χ4n) is 4.58. The van der Waals surface area contributed by atoms with Crippen LogP contribution in [0.3, 0.4) is 0 Å². The van der Waals surface area contributed by atoms with Crippen LogP contribution in [0.25, 0.3) is 0 Å². The quantitative estimate of drug-likeness (QED) is 0.346. The first kappa shape index (κ1) is 25.3. The maximum absolute atomic E-state index is 12.1. The van der Waals surface area contributed by atoms with E-state index in [0.717, 1.165) is 41.7 Å². The maximum Gasteiger partial charge on any atom is 0.103 e. The standard InChI is InChI=1S/C26H40N3OP/c1-7-9-23(24-16-17-25(28-8-2)26(29-24)20(4)27)13-10-19(3)22-14-11-21(12-15-22)18-31(5,6)30/h7-10,13,21-22H,2,11-12,14-18,27H2,1,3-6H3/b9-7-,19-10+,23-13+,26-20-,28-25-/t21-,22-. The van der Waals surface area contributed by atoms with E-state index in [1.54, 1.807) is 6.20 Å². The fourth-order valence-corrected chi connectivity index (χ4v) is 6.19. The molecule has 2 rings (SSSR count). The van der Waals surface area contributed by atoms with E-state index in [4.69, 9.17) is 10.7 Å². The number of allylic oxidation sites excluding steroid dienone is 8. The zero-order valence-corrected chi connectivity index (χ0v) is 20.9. The normalized spacial score (nSPS) is 26.9. The van der Waals surface area contributed by atoms with Crippen LogP contribution in [0, 0.1) is 11.8 Å². The summed E-state index contributed by atoms with van der Waals surface area (Å²) >= 11 is 0. The summed E-state index contributed by atoms with van der Waals surface area (Å²) in [6.45, 7) is 13.7. The Bertz CT molecular complexity index is 884. The Labute approximate surface area is 189 Å². The second-order valence-electron chi connectivity index (χ2n) is 9.36. The third kappa shape index (κ3) is 7.92. The Morgan fingerprint density at radius 2 is 1.87 bits per heavy atom. The molecule has 0 aromatic heterocycles. The van der Waals surface area contributed by atoms with E-state index in [-0.39, 0.29) is 0 Å². The highest BCUT2D eigenvalue weighted by Gasteiger charge is 2.25. The Morgan fingerprint density at radius 3 is 2.42 bits per heavy atom. The molecule has 0 unspecified atom stereocenters. The lowest BCUT2D eigenvalue weighted by molar-refractivity contribution is 0.321. The van der Waals surface area contributed by atoms with Gasteiger partial charge >= 0.3 is 0 Å². The van der Waals surface area contributed by atoms with Crippen molar-refractivity contribution in [1.82, 2.24) is 0 Å². The van der Waals surface area contributed by atoms with Crippen LogP contribution in [-0.2, 0) is 4.57 Å². The molecular weight excluding hydrogens is 401 g/mol. The van der Waals surface area contributed by atoms with Crippen LogP contribution in [0.2, 0.25) is 0 Å². The lowest BCUT2D eigenvalue weighted by Gasteiger charge is -2.30. The van der Waals surface area contributed by atoms with Gasteiger partial charge in [-0.05, 0) is 90.0 Å². The highest BCUT2D eigenvalue weighted by atomic mass is 31.2. The minimum Gasteiger partial charge on any atom is -0.400 e. The van der Waals surface area contributed by atoms with E-state index in [9.17, 15) is 4.57 Å². The van der Waals surface area contributed by atoms with Crippen molar-refractivity contribution >= 4 is 18.6 Å². The molecule has 0 saturated heterocycles. The van der Waals surface area contributed by atoms with Crippen LogP contribution >= 0.6 is 7.14 Å². The molecule has 0 bridgehead atoms. The summed E-state index contributed by atoms with van der Waals surface area (Å²) < 4.78 is 12.1. The van der Waals surface area contributed by atoms with Crippen LogP contribution in [0.4, 0.5) is 0 Å². The first-order chi connectivity index (χ1) is 14.6. The SMILES string of the molecule is C=C/N=C1/CCC(C(/C=C\C)=C/C=C(\C)[C@H]2CC[C@H](CP(C)(C)=O)CC2)=N/C1=C(/C)N. The van der Waals surface area contributed by atoms with Crippen molar-refractivity contribution in [3.8, 4) is 0 Å². The van der Waals surface area contributed by atoms with Crippen LogP contribution in [-0.4, -0.2) is 30.9 Å². The van der Waals surface area contributed by atoms with Crippen molar-refractivity contribution in [2.75, 3.05) is 19.5 Å². The average Bonchev–Trinajstić information content (AvgIpc) is 2.70. The first-order valence-electron chi connectivity index (χ1n) is 11.4. The van der Waals surface area contributed by atoms with Crippen molar-refractivity contribution in [1.29, 1.82) is 0 Å². The van der Waals surface area contributed by atoms with Gasteiger partial charge in [0.25, 0.3) is 0 Å². The predicted octanol–water partition coefficient (Wildman–Crippen LogP) is 6.87. The lowest BCUT2D eigenvalue weighted by Crippen LogP contribution is -2.18. The molecule has 0 aromatic rings. The molecule has 0 amide bonds. The Kier molecular flexibility index (Phi) is 9.50. The summed E-state index contributed by atoms with van der Waals surface area (Å²) in [5.41, 5.74) is 12.1. The monoisotopic (exact) mass is 441 g/mol. The fraction of sp³-hybridized carbons (Fsp3) is 0.538. The van der Waals surface area contributed by atoms with Gasteiger partial charge in [-0.3, -0.25) is 4.99 Å². The van der Waals surface area contributed by atoms with Gasteiger partial charge in [0, 0.05) is 23.8 Å². The molecule has 31 heavy (non-hydrogen) atoms. The minimum atomic E-state index is -1.92. The predicted molar refractivity (Wildman–Crippen MR) is 138 cm³/mol. The molecule has 5 heteroatoms. The third-order valence-corrected chi connectivity index (χ3v) is 7.53. The highest BCUT2D eigenvalue weighted by Crippen LogP contribution is 2.44. The molecule has 0 spiro atoms. The molecule has 1 saturated carbocycles. The topological polar surface area (TPSA) is 67.8 Å². The summed E-state index contributed by atoms with van der Waals surface area (Å²) in [6, 6.07) is 0. The number of nitrogens with two attached hydrogens (primary N) is 1. The average molecular weight is 442 g/mol. The van der Waals surface area contributed by atoms with Gasteiger partial charge in [0.2, 0.25) is 0 Å². The molecule has 4 nitrogen and oxygen atoms in total. The molecular formula is C26H40N3OP. The summed E-state index contributed by atoms with van der Waals surface area (Å²) in [4.78, 5) is 9.21. The number of nitrogens with zero attached hydrogens (tertiary/aromatic N) is 2. The minimum absolute atomic E-state index is 0.619. The second kappa shape index (κ2) is 11.6. The van der Waals surface area contributed by atoms with E-state index in [1.807, 2.05) is 27.2 Å². The number of hydrogen-bond acceptors (Lipinski definition) is 4. The Balaban J connectivity index is 2.18. The van der Waals surface area contributed by atoms with Crippen molar-refractivity contribution in [2.45, 2.75) is 59.3 Å². The summed E-state index contributed by atoms with van der Waals surface area (Å²) in [5.74, 6) is 1.25. The highest BCUT2D eigenvalue weighted by molar-refractivity contribution is 7.62. The lowest BCUT2D eigenvalue weighted by atomic mass is 9.79. The van der Waals surface area contributed by atoms with E-state index in [2.05, 4.69) is 42.8 Å². The number of rotatable bonds is 7. The van der Waals surface area contributed by atoms with Crippen LogP contribution < -0.4 is 5.73 Å². The molecule has 2 aliphatic rings. The van der Waals surface area contributed by atoms with Crippen molar-refractivity contribution < 1.29 is 4.57 Å². The smallest absolute Gasteiger partial charge is 0.103 e. The maximum atomic E-state index is 12.1. The summed E-state index contributed by atoms with van der Waals surface area (Å²) in [7, 11) is -1.92. The Hall–Kier alpha value is -1.93. The van der Waals surface area contributed by atoms with E-state index >= 15 is 0 Å². The summed E-state index contributed by atoms with van der Waals surface area (Å²) in [6.07, 6.45) is 17.5. The van der Waals surface area contributed by atoms with Crippen molar-refractivity contribution in [2.24, 2.45) is 27.6 Å². The van der Waals surface area contributed by atoms with Gasteiger partial charge in [0.1, 0.15) is 5.70 Å². The van der Waals surface area contributed by atoms with Gasteiger partial charge in [-0.25, -0.2) is 4.99 Å². The zero-order valence-electron chi connectivity index (χ0n) is 20.0. The van der Waals surface area contributed by atoms with Gasteiger partial charge < -0.3 is 10.3 Å². The van der Waals surface area contributed by atoms with Gasteiger partial charge in [0.15, 0.2) is 0 Å². The van der Waals surface area contributed by atoms with Crippen molar-refractivity contribution in [3.05, 3.63) is 59.6 Å². The molecule has 1 fully saturated rings. The van der Waals surface area contributed by atoms with Crippen LogP contribution in [0.15, 0.2) is 69.6 Å². The van der Waals surface area contributed by atoms with Gasteiger partial charge in [-0.15, -0.1) is 0 Å². The molecule has 0 aromatic carbocycles. The van der Waals surface area contributed by atoms with E-state index in [0.29, 0.717) is 17.5 Å². The summed E-state index contributed by atoms with van der Waals surface area (Å²) in [5, 5.41) is 0.